The summed E-state index contributed by atoms with van der Waals surface area (Å²) in [6.45, 7) is 2.17. The molecule has 0 aliphatic carbocycles. The molecule has 0 aliphatic rings. The first kappa shape index (κ1) is 10.2. The molecule has 3 aromatic carbocycles. The van der Waals surface area contributed by atoms with E-state index in [0.29, 0.717) is 0 Å². The van der Waals surface area contributed by atoms with Crippen molar-refractivity contribution < 1.29 is 4.74 Å². The molecule has 3 rings (SSSR count). The summed E-state index contributed by atoms with van der Waals surface area (Å²) in [5.41, 5.74) is 1.32. The zero-order valence-electron chi connectivity index (χ0n) is 10.0. The molecule has 0 spiro atoms. The van der Waals surface area contributed by atoms with E-state index >= 15 is 0 Å². The molecule has 1 heteroatoms. The van der Waals surface area contributed by atoms with Gasteiger partial charge >= 0.3 is 0 Å². The van der Waals surface area contributed by atoms with Gasteiger partial charge < -0.3 is 4.74 Å². The molecule has 0 amide bonds. The van der Waals surface area contributed by atoms with E-state index in [1.165, 1.54) is 27.1 Å². The van der Waals surface area contributed by atoms with Gasteiger partial charge in [0, 0.05) is 10.8 Å². The van der Waals surface area contributed by atoms with E-state index in [4.69, 9.17) is 4.74 Å². The van der Waals surface area contributed by atoms with Gasteiger partial charge in [0.2, 0.25) is 0 Å². The van der Waals surface area contributed by atoms with Crippen molar-refractivity contribution in [2.75, 3.05) is 7.11 Å². The van der Waals surface area contributed by atoms with Crippen LogP contribution in [0.1, 0.15) is 5.56 Å². The molecule has 0 fully saturated rings. The van der Waals surface area contributed by atoms with Crippen LogP contribution in [-0.4, -0.2) is 7.11 Å². The Kier molecular flexibility index (Phi) is 2.25. The number of hydrogen-bond acceptors (Lipinski definition) is 1. The molecule has 0 aliphatic heterocycles. The molecule has 0 saturated heterocycles. The Bertz CT molecular complexity index is 641. The first-order valence-corrected chi connectivity index (χ1v) is 5.77. The van der Waals surface area contributed by atoms with Crippen molar-refractivity contribution in [2.45, 2.75) is 6.92 Å². The van der Waals surface area contributed by atoms with Gasteiger partial charge in [-0.1, -0.05) is 48.5 Å². The van der Waals surface area contributed by atoms with Crippen LogP contribution in [-0.2, 0) is 0 Å². The van der Waals surface area contributed by atoms with Gasteiger partial charge in [-0.2, -0.15) is 0 Å². The fraction of sp³-hybridized carbons (Fsp3) is 0.125. The summed E-state index contributed by atoms with van der Waals surface area (Å²) in [6.07, 6.45) is 0. The van der Waals surface area contributed by atoms with E-state index in [1.807, 2.05) is 0 Å². The molecule has 0 aromatic heterocycles. The van der Waals surface area contributed by atoms with Gasteiger partial charge in [0.25, 0.3) is 0 Å². The van der Waals surface area contributed by atoms with Crippen LogP contribution in [0.25, 0.3) is 21.5 Å². The van der Waals surface area contributed by atoms with Crippen molar-refractivity contribution in [1.29, 1.82) is 0 Å². The number of benzene rings is 3. The summed E-state index contributed by atoms with van der Waals surface area (Å²) in [6, 6.07) is 16.8. The van der Waals surface area contributed by atoms with Crippen molar-refractivity contribution in [2.24, 2.45) is 0 Å². The van der Waals surface area contributed by atoms with E-state index in [0.717, 1.165) is 5.75 Å². The van der Waals surface area contributed by atoms with Crippen molar-refractivity contribution >= 4 is 21.5 Å². The second-order valence-corrected chi connectivity index (χ2v) is 4.25. The molecular formula is C16H14O. The van der Waals surface area contributed by atoms with Crippen LogP contribution in [0.5, 0.6) is 5.75 Å². The minimum Gasteiger partial charge on any atom is -0.495 e. The number of ether oxygens (including phenoxy) is 1. The number of methoxy groups -OCH3 is 1. The number of rotatable bonds is 1. The van der Waals surface area contributed by atoms with Crippen molar-refractivity contribution in [1.82, 2.24) is 0 Å². The highest BCUT2D eigenvalue weighted by molar-refractivity contribution is 6.08. The Morgan fingerprint density at radius 1 is 0.706 bits per heavy atom. The van der Waals surface area contributed by atoms with Gasteiger partial charge in [-0.25, -0.2) is 0 Å². The topological polar surface area (TPSA) is 9.23 Å². The van der Waals surface area contributed by atoms with E-state index in [9.17, 15) is 0 Å². The van der Waals surface area contributed by atoms with Crippen LogP contribution in [0.2, 0.25) is 0 Å². The normalized spacial score (nSPS) is 10.9. The summed E-state index contributed by atoms with van der Waals surface area (Å²) in [4.78, 5) is 0. The monoisotopic (exact) mass is 222 g/mol. The van der Waals surface area contributed by atoms with Gasteiger partial charge in [0.05, 0.1) is 7.11 Å². The summed E-state index contributed by atoms with van der Waals surface area (Å²) in [5, 5.41) is 4.91. The lowest BCUT2D eigenvalue weighted by atomic mass is 9.97. The van der Waals surface area contributed by atoms with E-state index in [-0.39, 0.29) is 0 Å². The van der Waals surface area contributed by atoms with Crippen LogP contribution in [0.3, 0.4) is 0 Å². The van der Waals surface area contributed by atoms with Crippen molar-refractivity contribution in [3.63, 3.8) is 0 Å². The maximum atomic E-state index is 5.60. The Hall–Kier alpha value is -2.02. The van der Waals surface area contributed by atoms with Gasteiger partial charge in [0.1, 0.15) is 5.75 Å². The molecule has 84 valence electrons. The summed E-state index contributed by atoms with van der Waals surface area (Å²) in [7, 11) is 1.74. The molecule has 3 aromatic rings. The highest BCUT2D eigenvalue weighted by atomic mass is 16.5. The maximum Gasteiger partial charge on any atom is 0.134 e. The molecule has 0 unspecified atom stereocenters. The number of aryl methyl sites for hydroxylation is 1. The lowest BCUT2D eigenvalue weighted by molar-refractivity contribution is 0.424. The smallest absolute Gasteiger partial charge is 0.134 e. The standard InChI is InChI=1S/C16H14O/c1-11-12-7-3-5-9-14(12)16(17-2)15-10-6-4-8-13(11)15/h3-10H,1-2H3. The molecule has 0 radical (unpaired) electrons. The van der Waals surface area contributed by atoms with Crippen LogP contribution in [0.15, 0.2) is 48.5 Å². The Labute approximate surface area is 101 Å². The summed E-state index contributed by atoms with van der Waals surface area (Å²) in [5.74, 6) is 0.974. The second-order valence-electron chi connectivity index (χ2n) is 4.25. The fourth-order valence-electron chi connectivity index (χ4n) is 2.53. The Balaban J connectivity index is 2.63. The van der Waals surface area contributed by atoms with Gasteiger partial charge in [-0.05, 0) is 23.3 Å². The molecular weight excluding hydrogens is 208 g/mol. The van der Waals surface area contributed by atoms with Gasteiger partial charge in [-0.3, -0.25) is 0 Å². The second kappa shape index (κ2) is 3.77. The largest absolute Gasteiger partial charge is 0.495 e. The molecule has 0 atom stereocenters. The zero-order valence-corrected chi connectivity index (χ0v) is 10.0. The molecule has 0 heterocycles. The van der Waals surface area contributed by atoms with Crippen molar-refractivity contribution in [3.05, 3.63) is 54.1 Å². The van der Waals surface area contributed by atoms with Gasteiger partial charge in [0.15, 0.2) is 0 Å². The van der Waals surface area contributed by atoms with E-state index in [1.54, 1.807) is 7.11 Å². The minimum atomic E-state index is 0.974. The maximum absolute atomic E-state index is 5.60. The molecule has 1 nitrogen and oxygen atoms in total. The van der Waals surface area contributed by atoms with Crippen LogP contribution < -0.4 is 4.74 Å². The zero-order chi connectivity index (χ0) is 11.8. The Morgan fingerprint density at radius 3 is 1.53 bits per heavy atom. The van der Waals surface area contributed by atoms with E-state index < -0.39 is 0 Å². The third kappa shape index (κ3) is 1.39. The minimum absolute atomic E-state index is 0.974. The molecule has 0 saturated carbocycles. The lowest BCUT2D eigenvalue weighted by Gasteiger charge is -2.13. The van der Waals surface area contributed by atoms with E-state index in [2.05, 4.69) is 55.5 Å². The quantitative estimate of drug-likeness (QED) is 0.557. The first-order chi connectivity index (χ1) is 8.33. The van der Waals surface area contributed by atoms with Crippen LogP contribution in [0, 0.1) is 6.92 Å². The SMILES string of the molecule is COc1c2ccccc2c(C)c2ccccc12. The predicted octanol–water partition coefficient (Wildman–Crippen LogP) is 4.31. The lowest BCUT2D eigenvalue weighted by Crippen LogP contribution is -1.90. The predicted molar refractivity (Wildman–Crippen MR) is 72.7 cm³/mol. The number of hydrogen-bond donors (Lipinski definition) is 0. The molecule has 0 bridgehead atoms. The molecule has 0 N–H and O–H groups in total. The van der Waals surface area contributed by atoms with Crippen LogP contribution in [0.4, 0.5) is 0 Å². The van der Waals surface area contributed by atoms with Crippen molar-refractivity contribution in [3.8, 4) is 5.75 Å². The van der Waals surface area contributed by atoms with Crippen LogP contribution >= 0.6 is 0 Å². The highest BCUT2D eigenvalue weighted by Gasteiger charge is 2.10. The average molecular weight is 222 g/mol. The third-order valence-corrected chi connectivity index (χ3v) is 3.36. The summed E-state index contributed by atoms with van der Waals surface area (Å²) >= 11 is 0. The van der Waals surface area contributed by atoms with Gasteiger partial charge in [-0.15, -0.1) is 0 Å². The third-order valence-electron chi connectivity index (χ3n) is 3.36. The Morgan fingerprint density at radius 2 is 1.12 bits per heavy atom. The number of fused-ring (bicyclic) bond motifs is 2. The molecule has 17 heavy (non-hydrogen) atoms. The summed E-state index contributed by atoms with van der Waals surface area (Å²) < 4.78 is 5.60. The average Bonchev–Trinajstić information content (AvgIpc) is 2.40. The fourth-order valence-corrected chi connectivity index (χ4v) is 2.53. The first-order valence-electron chi connectivity index (χ1n) is 5.77. The highest BCUT2D eigenvalue weighted by Crippen LogP contribution is 2.37.